The molecule has 5 rings (SSSR count). The van der Waals surface area contributed by atoms with Gasteiger partial charge < -0.3 is 24.4 Å². The average molecular weight is 396 g/mol. The molecule has 29 heavy (non-hydrogen) atoms. The maximum absolute atomic E-state index is 12.6. The van der Waals surface area contributed by atoms with Crippen molar-refractivity contribution >= 4 is 11.9 Å². The van der Waals surface area contributed by atoms with E-state index in [1.54, 1.807) is 0 Å². The van der Waals surface area contributed by atoms with Crippen LogP contribution in [0.5, 0.6) is 11.5 Å². The highest BCUT2D eigenvalue weighted by molar-refractivity contribution is 5.79. The van der Waals surface area contributed by atoms with E-state index < -0.39 is 0 Å². The Morgan fingerprint density at radius 2 is 2.21 bits per heavy atom. The van der Waals surface area contributed by atoms with Crippen molar-refractivity contribution in [2.24, 2.45) is 0 Å². The molecule has 3 aliphatic heterocycles. The van der Waals surface area contributed by atoms with Gasteiger partial charge in [-0.2, -0.15) is 0 Å². The van der Waals surface area contributed by atoms with Crippen LogP contribution in [0.1, 0.15) is 29.7 Å². The van der Waals surface area contributed by atoms with Gasteiger partial charge in [0.15, 0.2) is 11.5 Å². The fourth-order valence-electron chi connectivity index (χ4n) is 4.06. The molecule has 0 bridgehead atoms. The van der Waals surface area contributed by atoms with Crippen LogP contribution in [0.3, 0.4) is 0 Å². The first-order valence-electron chi connectivity index (χ1n) is 10.1. The van der Waals surface area contributed by atoms with Crippen molar-refractivity contribution in [3.05, 3.63) is 41.2 Å². The topological polar surface area (TPSA) is 85.8 Å². The molecule has 0 saturated carbocycles. The van der Waals surface area contributed by atoms with E-state index in [1.165, 1.54) is 0 Å². The van der Waals surface area contributed by atoms with Crippen LogP contribution in [-0.4, -0.2) is 48.4 Å². The molecule has 1 N–H and O–H groups in total. The van der Waals surface area contributed by atoms with E-state index in [9.17, 15) is 4.79 Å². The number of amides is 1. The summed E-state index contributed by atoms with van der Waals surface area (Å²) in [7, 11) is 0. The van der Waals surface area contributed by atoms with E-state index in [0.29, 0.717) is 25.4 Å². The van der Waals surface area contributed by atoms with Crippen LogP contribution < -0.4 is 19.7 Å². The van der Waals surface area contributed by atoms with Crippen LogP contribution in [0.25, 0.3) is 0 Å². The van der Waals surface area contributed by atoms with E-state index in [-0.39, 0.29) is 18.7 Å². The molecular weight excluding hydrogens is 372 g/mol. The quantitative estimate of drug-likeness (QED) is 0.840. The third-order valence-corrected chi connectivity index (χ3v) is 5.55. The van der Waals surface area contributed by atoms with Crippen molar-refractivity contribution < 1.29 is 19.0 Å². The number of nitrogens with one attached hydrogen (secondary N) is 1. The van der Waals surface area contributed by atoms with Gasteiger partial charge in [-0.3, -0.25) is 4.79 Å². The van der Waals surface area contributed by atoms with Crippen LogP contribution >= 0.6 is 0 Å². The minimum Gasteiger partial charge on any atom is -0.454 e. The Morgan fingerprint density at radius 3 is 3.17 bits per heavy atom. The van der Waals surface area contributed by atoms with Crippen LogP contribution in [0.15, 0.2) is 24.4 Å². The lowest BCUT2D eigenvalue weighted by atomic mass is 10.0. The summed E-state index contributed by atoms with van der Waals surface area (Å²) in [6, 6.07) is 5.73. The molecule has 8 nitrogen and oxygen atoms in total. The lowest BCUT2D eigenvalue weighted by molar-refractivity contribution is -0.121. The summed E-state index contributed by atoms with van der Waals surface area (Å²) in [6.45, 7) is 3.17. The molecule has 4 heterocycles. The first-order chi connectivity index (χ1) is 14.2. The van der Waals surface area contributed by atoms with Gasteiger partial charge in [0, 0.05) is 37.3 Å². The maximum Gasteiger partial charge on any atom is 0.231 e. The predicted octanol–water partition coefficient (Wildman–Crippen LogP) is 1.61. The van der Waals surface area contributed by atoms with Gasteiger partial charge in [0.25, 0.3) is 0 Å². The van der Waals surface area contributed by atoms with Gasteiger partial charge in [0.05, 0.1) is 25.3 Å². The Morgan fingerprint density at radius 1 is 1.28 bits per heavy atom. The number of hydrogen-bond donors (Lipinski definition) is 1. The van der Waals surface area contributed by atoms with Crippen LogP contribution in [0, 0.1) is 0 Å². The summed E-state index contributed by atoms with van der Waals surface area (Å²) in [4.78, 5) is 24.0. The molecular formula is C21H24N4O4. The SMILES string of the molecule is O=C(Cc1ccc2c(c1)OCO2)NC1CCCN(c2ncc3c(n2)CCOC3)C1. The van der Waals surface area contributed by atoms with E-state index in [2.05, 4.69) is 15.2 Å². The van der Waals surface area contributed by atoms with E-state index >= 15 is 0 Å². The average Bonchev–Trinajstić information content (AvgIpc) is 3.21. The monoisotopic (exact) mass is 396 g/mol. The molecule has 1 unspecified atom stereocenters. The molecule has 152 valence electrons. The Hall–Kier alpha value is -2.87. The number of aromatic nitrogens is 2. The summed E-state index contributed by atoms with van der Waals surface area (Å²) in [5.41, 5.74) is 3.07. The lowest BCUT2D eigenvalue weighted by Crippen LogP contribution is -2.48. The van der Waals surface area contributed by atoms with Gasteiger partial charge in [-0.05, 0) is 30.5 Å². The number of hydrogen-bond acceptors (Lipinski definition) is 7. The zero-order valence-electron chi connectivity index (χ0n) is 16.2. The fourth-order valence-corrected chi connectivity index (χ4v) is 4.06. The number of ether oxygens (including phenoxy) is 3. The second-order valence-corrected chi connectivity index (χ2v) is 7.66. The first kappa shape index (κ1) is 18.2. The van der Waals surface area contributed by atoms with Crippen LogP contribution in [-0.2, 0) is 29.0 Å². The Bertz CT molecular complexity index is 920. The highest BCUT2D eigenvalue weighted by Gasteiger charge is 2.24. The normalized spacial score (nSPS) is 20.3. The van der Waals surface area contributed by atoms with Gasteiger partial charge in [0.2, 0.25) is 18.6 Å². The second-order valence-electron chi connectivity index (χ2n) is 7.66. The van der Waals surface area contributed by atoms with Crippen molar-refractivity contribution in [3.63, 3.8) is 0 Å². The van der Waals surface area contributed by atoms with Crippen molar-refractivity contribution in [2.75, 3.05) is 31.4 Å². The van der Waals surface area contributed by atoms with Gasteiger partial charge in [-0.25, -0.2) is 9.97 Å². The number of rotatable bonds is 4. The highest BCUT2D eigenvalue weighted by atomic mass is 16.7. The summed E-state index contributed by atoms with van der Waals surface area (Å²) < 4.78 is 16.2. The number of benzene rings is 1. The standard InChI is InChI=1S/C21H24N4O4/c26-20(9-14-3-4-18-19(8-14)29-13-28-18)23-16-2-1-6-25(11-16)21-22-10-15-12-27-7-5-17(15)24-21/h3-4,8,10,16H,1-2,5-7,9,11-13H2,(H,23,26). The molecule has 1 atom stereocenters. The van der Waals surface area contributed by atoms with E-state index in [1.807, 2.05) is 24.4 Å². The molecule has 1 saturated heterocycles. The third kappa shape index (κ3) is 3.98. The first-order valence-corrected chi connectivity index (χ1v) is 10.1. The van der Waals surface area contributed by atoms with Gasteiger partial charge in [0.1, 0.15) is 0 Å². The summed E-state index contributed by atoms with van der Waals surface area (Å²) in [5, 5.41) is 3.17. The highest BCUT2D eigenvalue weighted by Crippen LogP contribution is 2.32. The largest absolute Gasteiger partial charge is 0.454 e. The Labute approximate surface area is 169 Å². The molecule has 1 amide bonds. The number of nitrogens with zero attached hydrogens (tertiary/aromatic N) is 3. The third-order valence-electron chi connectivity index (χ3n) is 5.55. The maximum atomic E-state index is 12.6. The molecule has 0 radical (unpaired) electrons. The van der Waals surface area contributed by atoms with Gasteiger partial charge >= 0.3 is 0 Å². The zero-order chi connectivity index (χ0) is 19.6. The summed E-state index contributed by atoms with van der Waals surface area (Å²) >= 11 is 0. The zero-order valence-corrected chi connectivity index (χ0v) is 16.2. The van der Waals surface area contributed by atoms with Gasteiger partial charge in [-0.15, -0.1) is 0 Å². The number of piperidine rings is 1. The molecule has 1 aromatic carbocycles. The van der Waals surface area contributed by atoms with Crippen molar-refractivity contribution in [1.29, 1.82) is 0 Å². The summed E-state index contributed by atoms with van der Waals surface area (Å²) in [6.07, 6.45) is 4.98. The van der Waals surface area contributed by atoms with Crippen LogP contribution in [0.4, 0.5) is 5.95 Å². The Balaban J connectivity index is 1.20. The van der Waals surface area contributed by atoms with Crippen molar-refractivity contribution in [2.45, 2.75) is 38.3 Å². The summed E-state index contributed by atoms with van der Waals surface area (Å²) in [5.74, 6) is 2.20. The fraction of sp³-hybridized carbons (Fsp3) is 0.476. The van der Waals surface area contributed by atoms with Crippen molar-refractivity contribution in [3.8, 4) is 11.5 Å². The van der Waals surface area contributed by atoms with Crippen molar-refractivity contribution in [1.82, 2.24) is 15.3 Å². The van der Waals surface area contributed by atoms with E-state index in [0.717, 1.165) is 60.9 Å². The lowest BCUT2D eigenvalue weighted by Gasteiger charge is -2.33. The van der Waals surface area contributed by atoms with Crippen LogP contribution in [0.2, 0.25) is 0 Å². The smallest absolute Gasteiger partial charge is 0.231 e. The Kier molecular flexibility index (Phi) is 4.93. The predicted molar refractivity (Wildman–Crippen MR) is 105 cm³/mol. The van der Waals surface area contributed by atoms with Gasteiger partial charge in [-0.1, -0.05) is 6.07 Å². The molecule has 1 fully saturated rings. The number of anilines is 1. The molecule has 2 aromatic rings. The molecule has 8 heteroatoms. The van der Waals surface area contributed by atoms with E-state index in [4.69, 9.17) is 19.2 Å². The number of carbonyl (C=O) groups excluding carboxylic acids is 1. The minimum atomic E-state index is 0.0132. The molecule has 1 aromatic heterocycles. The molecule has 3 aliphatic rings. The molecule has 0 aliphatic carbocycles. The number of carbonyl (C=O) groups is 1. The minimum absolute atomic E-state index is 0.0132. The molecule has 0 spiro atoms. The second kappa shape index (κ2) is 7.87. The number of fused-ring (bicyclic) bond motifs is 2.